The van der Waals surface area contributed by atoms with Crippen LogP contribution in [0.3, 0.4) is 0 Å². The number of rotatable bonds is 6. The predicted octanol–water partition coefficient (Wildman–Crippen LogP) is 3.69. The molecule has 2 aromatic carbocycles. The Hall–Kier alpha value is -2.97. The van der Waals surface area contributed by atoms with Crippen molar-refractivity contribution in [1.29, 1.82) is 0 Å². The minimum Gasteiger partial charge on any atom is -0.357 e. The van der Waals surface area contributed by atoms with E-state index < -0.39 is 0 Å². The molecule has 3 N–H and O–H groups in total. The number of hydrogen-bond donors (Lipinski definition) is 3. The molecule has 0 aliphatic heterocycles. The first-order valence-electron chi connectivity index (χ1n) is 9.42. The van der Waals surface area contributed by atoms with Gasteiger partial charge in [-0.25, -0.2) is 9.97 Å². The Morgan fingerprint density at radius 2 is 1.60 bits per heavy atom. The van der Waals surface area contributed by atoms with Gasteiger partial charge in [-0.1, -0.05) is 54.2 Å². The van der Waals surface area contributed by atoms with Gasteiger partial charge in [-0.05, 0) is 55.4 Å². The fraction of sp³-hybridized carbons (Fsp3) is 0.182. The second kappa shape index (κ2) is 10.7. The number of amides is 1. The number of nitrogens with one attached hydrogen (secondary N) is 3. The molecule has 0 bridgehead atoms. The van der Waals surface area contributed by atoms with E-state index in [1.807, 2.05) is 62.4 Å². The van der Waals surface area contributed by atoms with Crippen molar-refractivity contribution in [1.82, 2.24) is 26.1 Å². The Kier molecular flexibility index (Phi) is 7.75. The van der Waals surface area contributed by atoms with E-state index in [2.05, 4.69) is 26.1 Å². The average Bonchev–Trinajstić information content (AvgIpc) is 2.75. The molecule has 1 amide bonds. The molecule has 6 nitrogen and oxygen atoms in total. The Bertz CT molecular complexity index is 990. The summed E-state index contributed by atoms with van der Waals surface area (Å²) >= 11 is 6.76. The van der Waals surface area contributed by atoms with Crippen LogP contribution < -0.4 is 16.2 Å². The lowest BCUT2D eigenvalue weighted by Gasteiger charge is -2.12. The highest BCUT2D eigenvalue weighted by Crippen LogP contribution is 2.20. The minimum atomic E-state index is -0.254. The van der Waals surface area contributed by atoms with Gasteiger partial charge >= 0.3 is 0 Å². The van der Waals surface area contributed by atoms with Crippen LogP contribution >= 0.6 is 24.0 Å². The van der Waals surface area contributed by atoms with Crippen molar-refractivity contribution in [2.24, 2.45) is 0 Å². The molecule has 0 aliphatic rings. The molecule has 0 unspecified atom stereocenters. The molecule has 3 rings (SSSR count). The van der Waals surface area contributed by atoms with Crippen LogP contribution in [-0.4, -0.2) is 21.0 Å². The number of carbonyl (C=O) groups is 1. The third kappa shape index (κ3) is 6.82. The molecule has 0 fully saturated rings. The number of aryl methyl sites for hydroxylation is 2. The number of hydrazine groups is 1. The number of thiocarbonyl (C=S) groups is 1. The minimum absolute atomic E-state index is 0.254. The van der Waals surface area contributed by atoms with Crippen molar-refractivity contribution in [3.05, 3.63) is 88.7 Å². The third-order valence-electron chi connectivity index (χ3n) is 4.13. The van der Waals surface area contributed by atoms with Gasteiger partial charge in [0.15, 0.2) is 10.3 Å². The van der Waals surface area contributed by atoms with Gasteiger partial charge < -0.3 is 5.32 Å². The number of benzene rings is 2. The molecule has 0 saturated heterocycles. The predicted molar refractivity (Wildman–Crippen MR) is 124 cm³/mol. The van der Waals surface area contributed by atoms with Crippen molar-refractivity contribution in [3.8, 4) is 0 Å². The summed E-state index contributed by atoms with van der Waals surface area (Å²) in [6.45, 7) is 4.51. The fourth-order valence-corrected chi connectivity index (χ4v) is 3.69. The lowest BCUT2D eigenvalue weighted by molar-refractivity contribution is 0.0943. The van der Waals surface area contributed by atoms with Crippen molar-refractivity contribution in [2.75, 3.05) is 0 Å². The topological polar surface area (TPSA) is 78.9 Å². The van der Waals surface area contributed by atoms with Crippen LogP contribution in [-0.2, 0) is 12.3 Å². The Morgan fingerprint density at radius 3 is 2.27 bits per heavy atom. The van der Waals surface area contributed by atoms with E-state index in [1.54, 1.807) is 23.9 Å². The van der Waals surface area contributed by atoms with Crippen LogP contribution in [0.5, 0.6) is 0 Å². The lowest BCUT2D eigenvalue weighted by atomic mass is 10.1. The average molecular weight is 438 g/mol. The van der Waals surface area contributed by atoms with E-state index in [-0.39, 0.29) is 5.91 Å². The van der Waals surface area contributed by atoms with Gasteiger partial charge in [0, 0.05) is 29.2 Å². The van der Waals surface area contributed by atoms with Gasteiger partial charge in [0.1, 0.15) is 0 Å². The number of carbonyl (C=O) groups excluding carboxylic acids is 1. The van der Waals surface area contributed by atoms with Crippen molar-refractivity contribution in [3.63, 3.8) is 0 Å². The number of thioether (sulfide) groups is 1. The Morgan fingerprint density at radius 1 is 0.933 bits per heavy atom. The van der Waals surface area contributed by atoms with Crippen molar-refractivity contribution >= 4 is 35.0 Å². The highest BCUT2D eigenvalue weighted by Gasteiger charge is 2.07. The highest BCUT2D eigenvalue weighted by molar-refractivity contribution is 7.98. The summed E-state index contributed by atoms with van der Waals surface area (Å²) in [5.41, 5.74) is 9.99. The molecule has 0 spiro atoms. The SMILES string of the molecule is Cc1cc(C)nc(SCc2ccc(C(=O)NNC(=S)NCc3ccccc3)cc2)n1. The van der Waals surface area contributed by atoms with Crippen molar-refractivity contribution in [2.45, 2.75) is 31.3 Å². The van der Waals surface area contributed by atoms with Gasteiger partial charge in [-0.2, -0.15) is 0 Å². The van der Waals surface area contributed by atoms with Crippen LogP contribution in [0.1, 0.15) is 32.9 Å². The van der Waals surface area contributed by atoms with Gasteiger partial charge in [-0.15, -0.1) is 0 Å². The number of nitrogens with zero attached hydrogens (tertiary/aromatic N) is 2. The maximum atomic E-state index is 12.3. The standard InChI is InChI=1S/C22H23N5OS2/c1-15-12-16(2)25-22(24-15)30-14-18-8-10-19(11-9-18)20(28)26-27-21(29)23-13-17-6-4-3-5-7-17/h3-12H,13-14H2,1-2H3,(H,26,28)(H2,23,27,29). The normalized spacial score (nSPS) is 10.3. The second-order valence-corrected chi connectivity index (χ2v) is 8.02. The van der Waals surface area contributed by atoms with E-state index in [0.29, 0.717) is 17.2 Å². The number of hydrogen-bond acceptors (Lipinski definition) is 5. The van der Waals surface area contributed by atoms with Crippen LogP contribution in [0, 0.1) is 13.8 Å². The fourth-order valence-electron chi connectivity index (χ4n) is 2.67. The summed E-state index contributed by atoms with van der Waals surface area (Å²) in [6, 6.07) is 19.3. The summed E-state index contributed by atoms with van der Waals surface area (Å²) in [4.78, 5) is 21.2. The first-order chi connectivity index (χ1) is 14.5. The van der Waals surface area contributed by atoms with E-state index >= 15 is 0 Å². The van der Waals surface area contributed by atoms with Crippen molar-refractivity contribution < 1.29 is 4.79 Å². The summed E-state index contributed by atoms with van der Waals surface area (Å²) < 4.78 is 0. The summed E-state index contributed by atoms with van der Waals surface area (Å²) in [5.74, 6) is 0.479. The molecule has 0 atom stereocenters. The van der Waals surface area contributed by atoms with Gasteiger partial charge in [-0.3, -0.25) is 15.6 Å². The van der Waals surface area contributed by atoms with Crippen LogP contribution in [0.4, 0.5) is 0 Å². The molecule has 0 saturated carbocycles. The monoisotopic (exact) mass is 437 g/mol. The summed E-state index contributed by atoms with van der Waals surface area (Å²) in [5, 5.41) is 4.16. The quantitative estimate of drug-likeness (QED) is 0.235. The second-order valence-electron chi connectivity index (χ2n) is 6.67. The molecule has 154 valence electrons. The first kappa shape index (κ1) is 21.7. The van der Waals surface area contributed by atoms with Gasteiger partial charge in [0.2, 0.25) is 0 Å². The molecule has 8 heteroatoms. The zero-order chi connectivity index (χ0) is 21.3. The molecule has 1 aromatic heterocycles. The van der Waals surface area contributed by atoms with Gasteiger partial charge in [0.25, 0.3) is 5.91 Å². The Labute approximate surface area is 185 Å². The number of aromatic nitrogens is 2. The zero-order valence-corrected chi connectivity index (χ0v) is 18.4. The largest absolute Gasteiger partial charge is 0.357 e. The van der Waals surface area contributed by atoms with Crippen LogP contribution in [0.15, 0.2) is 65.8 Å². The van der Waals surface area contributed by atoms with Gasteiger partial charge in [0.05, 0.1) is 0 Å². The zero-order valence-electron chi connectivity index (χ0n) is 16.8. The summed E-state index contributed by atoms with van der Waals surface area (Å²) in [7, 11) is 0. The maximum Gasteiger partial charge on any atom is 0.269 e. The van der Waals surface area contributed by atoms with E-state index in [4.69, 9.17) is 12.2 Å². The molecule has 0 radical (unpaired) electrons. The highest BCUT2D eigenvalue weighted by atomic mass is 32.2. The van der Waals surface area contributed by atoms with E-state index in [1.165, 1.54) is 0 Å². The molecule has 3 aromatic rings. The lowest BCUT2D eigenvalue weighted by Crippen LogP contribution is -2.46. The molecule has 0 aliphatic carbocycles. The third-order valence-corrected chi connectivity index (χ3v) is 5.30. The van der Waals surface area contributed by atoms with E-state index in [0.717, 1.165) is 33.4 Å². The smallest absolute Gasteiger partial charge is 0.269 e. The van der Waals surface area contributed by atoms with E-state index in [9.17, 15) is 4.79 Å². The summed E-state index contributed by atoms with van der Waals surface area (Å²) in [6.07, 6.45) is 0. The van der Waals surface area contributed by atoms with Crippen LogP contribution in [0.2, 0.25) is 0 Å². The maximum absolute atomic E-state index is 12.3. The van der Waals surface area contributed by atoms with Crippen LogP contribution in [0.25, 0.3) is 0 Å². The molecular formula is C22H23N5OS2. The first-order valence-corrected chi connectivity index (χ1v) is 10.8. The molecular weight excluding hydrogens is 414 g/mol. The molecule has 1 heterocycles. The Balaban J connectivity index is 1.44. The molecule has 30 heavy (non-hydrogen) atoms.